The van der Waals surface area contributed by atoms with E-state index in [0.29, 0.717) is 0 Å². The molecule has 1 N–H and O–H groups in total. The van der Waals surface area contributed by atoms with E-state index in [1.54, 1.807) is 12.7 Å². The molecule has 0 spiro atoms. The lowest BCUT2D eigenvalue weighted by atomic mass is 9.75. The molecule has 2 fully saturated rings. The summed E-state index contributed by atoms with van der Waals surface area (Å²) in [7, 11) is 0. The number of amides is 1. The summed E-state index contributed by atoms with van der Waals surface area (Å²) in [6.45, 7) is 6.66. The second-order valence-electron chi connectivity index (χ2n) is 7.48. The number of nitrogens with one attached hydrogen (secondary N) is 1. The second-order valence-corrected chi connectivity index (χ2v) is 7.92. The number of rotatable bonds is 6. The predicted molar refractivity (Wildman–Crippen MR) is 104 cm³/mol. The first-order valence-corrected chi connectivity index (χ1v) is 9.82. The zero-order valence-corrected chi connectivity index (χ0v) is 16.1. The number of carbonyl (C=O) groups is 1. The lowest BCUT2D eigenvalue weighted by molar-refractivity contribution is -0.147. The van der Waals surface area contributed by atoms with Crippen LogP contribution in [0.3, 0.4) is 0 Å². The van der Waals surface area contributed by atoms with Crippen molar-refractivity contribution >= 4 is 17.5 Å². The van der Waals surface area contributed by atoms with Gasteiger partial charge in [-0.05, 0) is 24.1 Å². The van der Waals surface area contributed by atoms with Gasteiger partial charge in [0.2, 0.25) is 5.91 Å². The second kappa shape index (κ2) is 7.96. The molecule has 7 nitrogen and oxygen atoms in total. The first kappa shape index (κ1) is 18.4. The van der Waals surface area contributed by atoms with Crippen LogP contribution < -0.4 is 5.32 Å². The van der Waals surface area contributed by atoms with E-state index in [0.717, 1.165) is 63.8 Å². The summed E-state index contributed by atoms with van der Waals surface area (Å²) < 4.78 is 1.85. The van der Waals surface area contributed by atoms with Crippen molar-refractivity contribution in [3.63, 3.8) is 0 Å². The quantitative estimate of drug-likeness (QED) is 0.796. The van der Waals surface area contributed by atoms with Crippen molar-refractivity contribution in [2.24, 2.45) is 5.41 Å². The summed E-state index contributed by atoms with van der Waals surface area (Å²) in [5.41, 5.74) is 0.859. The molecule has 0 radical (unpaired) electrons. The standard InChI is InChI=1S/C19H25ClN6O/c20-17-3-1-16(2-4-17)11-19(12-21-13-19)18(27)25-8-5-24(6-9-25)7-10-26-15-22-14-23-26/h1-4,14-15,21H,5-13H2. The summed E-state index contributed by atoms with van der Waals surface area (Å²) in [5, 5.41) is 8.17. The van der Waals surface area contributed by atoms with E-state index < -0.39 is 0 Å². The minimum atomic E-state index is -0.309. The van der Waals surface area contributed by atoms with Crippen LogP contribution in [0.5, 0.6) is 0 Å². The maximum Gasteiger partial charge on any atom is 0.231 e. The maximum absolute atomic E-state index is 13.2. The lowest BCUT2D eigenvalue weighted by Gasteiger charge is -2.46. The normalized spacial score (nSPS) is 19.7. The van der Waals surface area contributed by atoms with E-state index in [1.165, 1.54) is 5.56 Å². The minimum Gasteiger partial charge on any atom is -0.340 e. The molecule has 0 atom stereocenters. The van der Waals surface area contributed by atoms with Gasteiger partial charge in [0.15, 0.2) is 0 Å². The summed E-state index contributed by atoms with van der Waals surface area (Å²) in [6, 6.07) is 7.85. The highest BCUT2D eigenvalue weighted by molar-refractivity contribution is 6.30. The highest BCUT2D eigenvalue weighted by Crippen LogP contribution is 2.31. The molecule has 2 aromatic rings. The smallest absolute Gasteiger partial charge is 0.231 e. The molecule has 2 aliphatic heterocycles. The van der Waals surface area contributed by atoms with E-state index in [2.05, 4.69) is 20.3 Å². The number of nitrogens with zero attached hydrogens (tertiary/aromatic N) is 5. The van der Waals surface area contributed by atoms with Crippen LogP contribution >= 0.6 is 11.6 Å². The average molecular weight is 389 g/mol. The van der Waals surface area contributed by atoms with Gasteiger partial charge in [0.1, 0.15) is 12.7 Å². The average Bonchev–Trinajstić information content (AvgIpc) is 3.18. The van der Waals surface area contributed by atoms with Gasteiger partial charge >= 0.3 is 0 Å². The molecule has 0 saturated carbocycles. The predicted octanol–water partition coefficient (Wildman–Crippen LogP) is 0.908. The van der Waals surface area contributed by atoms with Crippen molar-refractivity contribution < 1.29 is 4.79 Å². The Balaban J connectivity index is 1.31. The summed E-state index contributed by atoms with van der Waals surface area (Å²) >= 11 is 5.99. The van der Waals surface area contributed by atoms with Crippen LogP contribution in [0.4, 0.5) is 0 Å². The Morgan fingerprint density at radius 3 is 2.44 bits per heavy atom. The van der Waals surface area contributed by atoms with Crippen LogP contribution in [-0.2, 0) is 17.8 Å². The Bertz CT molecular complexity index is 751. The number of carbonyl (C=O) groups excluding carboxylic acids is 1. The molecule has 8 heteroatoms. The zero-order valence-electron chi connectivity index (χ0n) is 15.4. The third kappa shape index (κ3) is 4.15. The van der Waals surface area contributed by atoms with Crippen LogP contribution in [0, 0.1) is 5.41 Å². The largest absolute Gasteiger partial charge is 0.340 e. The van der Waals surface area contributed by atoms with Crippen LogP contribution in [-0.4, -0.2) is 76.3 Å². The first-order chi connectivity index (χ1) is 13.1. The fourth-order valence-electron chi connectivity index (χ4n) is 3.87. The molecule has 1 aromatic carbocycles. The van der Waals surface area contributed by atoms with Gasteiger partial charge in [-0.3, -0.25) is 14.4 Å². The third-order valence-corrected chi connectivity index (χ3v) is 5.86. The van der Waals surface area contributed by atoms with E-state index in [4.69, 9.17) is 11.6 Å². The van der Waals surface area contributed by atoms with E-state index in [1.807, 2.05) is 33.8 Å². The number of halogens is 1. The molecule has 1 amide bonds. The van der Waals surface area contributed by atoms with Gasteiger partial charge < -0.3 is 10.2 Å². The number of piperazine rings is 1. The molecular weight excluding hydrogens is 364 g/mol. The fraction of sp³-hybridized carbons (Fsp3) is 0.526. The third-order valence-electron chi connectivity index (χ3n) is 5.61. The van der Waals surface area contributed by atoms with Gasteiger partial charge in [-0.25, -0.2) is 4.98 Å². The zero-order chi connectivity index (χ0) is 18.7. The number of benzene rings is 1. The Labute approximate surface area is 164 Å². The molecule has 144 valence electrons. The van der Waals surface area contributed by atoms with Gasteiger partial charge in [0.25, 0.3) is 0 Å². The topological polar surface area (TPSA) is 66.3 Å². The summed E-state index contributed by atoms with van der Waals surface area (Å²) in [5.74, 6) is 0.284. The van der Waals surface area contributed by atoms with Gasteiger partial charge in [-0.2, -0.15) is 5.10 Å². The van der Waals surface area contributed by atoms with Crippen molar-refractivity contribution in [1.29, 1.82) is 0 Å². The molecule has 0 unspecified atom stereocenters. The monoisotopic (exact) mass is 388 g/mol. The molecule has 2 saturated heterocycles. The van der Waals surface area contributed by atoms with Crippen molar-refractivity contribution in [1.82, 2.24) is 29.9 Å². The van der Waals surface area contributed by atoms with E-state index in [-0.39, 0.29) is 11.3 Å². The van der Waals surface area contributed by atoms with Crippen molar-refractivity contribution in [3.8, 4) is 0 Å². The highest BCUT2D eigenvalue weighted by Gasteiger charge is 2.46. The van der Waals surface area contributed by atoms with E-state index >= 15 is 0 Å². The van der Waals surface area contributed by atoms with Crippen LogP contribution in [0.25, 0.3) is 0 Å². The Morgan fingerprint density at radius 1 is 1.11 bits per heavy atom. The van der Waals surface area contributed by atoms with Gasteiger partial charge in [0, 0.05) is 50.8 Å². The Kier molecular flexibility index (Phi) is 5.43. The number of aromatic nitrogens is 3. The Hall–Kier alpha value is -1.96. The molecule has 3 heterocycles. The van der Waals surface area contributed by atoms with Crippen molar-refractivity contribution in [3.05, 3.63) is 47.5 Å². The minimum absolute atomic E-state index is 0.284. The number of hydrogen-bond acceptors (Lipinski definition) is 5. The lowest BCUT2D eigenvalue weighted by Crippen LogP contribution is -2.65. The SMILES string of the molecule is O=C(N1CCN(CCn2cncn2)CC1)C1(Cc2ccc(Cl)cc2)CNC1. The fourth-order valence-corrected chi connectivity index (χ4v) is 4.00. The van der Waals surface area contributed by atoms with Crippen LogP contribution in [0.15, 0.2) is 36.9 Å². The first-order valence-electron chi connectivity index (χ1n) is 9.44. The summed E-state index contributed by atoms with van der Waals surface area (Å²) in [6.07, 6.45) is 4.07. The maximum atomic E-state index is 13.2. The highest BCUT2D eigenvalue weighted by atomic mass is 35.5. The van der Waals surface area contributed by atoms with Crippen molar-refractivity contribution in [2.45, 2.75) is 13.0 Å². The van der Waals surface area contributed by atoms with Crippen LogP contribution in [0.1, 0.15) is 5.56 Å². The Morgan fingerprint density at radius 2 is 1.85 bits per heavy atom. The van der Waals surface area contributed by atoms with E-state index in [9.17, 15) is 4.79 Å². The molecule has 4 rings (SSSR count). The molecular formula is C19H25ClN6O. The van der Waals surface area contributed by atoms with Gasteiger partial charge in [-0.15, -0.1) is 0 Å². The van der Waals surface area contributed by atoms with Gasteiger partial charge in [0.05, 0.1) is 12.0 Å². The van der Waals surface area contributed by atoms with Crippen LogP contribution in [0.2, 0.25) is 5.02 Å². The molecule has 27 heavy (non-hydrogen) atoms. The van der Waals surface area contributed by atoms with Crippen molar-refractivity contribution in [2.75, 3.05) is 45.8 Å². The number of hydrogen-bond donors (Lipinski definition) is 1. The molecule has 1 aromatic heterocycles. The van der Waals surface area contributed by atoms with Gasteiger partial charge in [-0.1, -0.05) is 23.7 Å². The summed E-state index contributed by atoms with van der Waals surface area (Å²) in [4.78, 5) is 21.6. The molecule has 0 aliphatic carbocycles. The molecule has 2 aliphatic rings. The molecule has 0 bridgehead atoms.